The van der Waals surface area contributed by atoms with Crippen LogP contribution >= 0.6 is 23.1 Å². The van der Waals surface area contributed by atoms with E-state index in [1.54, 1.807) is 35.3 Å². The van der Waals surface area contributed by atoms with E-state index in [9.17, 15) is 13.6 Å². The van der Waals surface area contributed by atoms with Crippen molar-refractivity contribution in [3.05, 3.63) is 72.3 Å². The molecule has 0 aliphatic heterocycles. The minimum absolute atomic E-state index is 0.0722. The van der Waals surface area contributed by atoms with Crippen LogP contribution in [-0.4, -0.2) is 32.2 Å². The van der Waals surface area contributed by atoms with Crippen LogP contribution in [0.4, 0.5) is 13.9 Å². The number of thioether (sulfide) groups is 1. The Morgan fingerprint density at radius 3 is 2.84 bits per heavy atom. The summed E-state index contributed by atoms with van der Waals surface area (Å²) in [6, 6.07) is 9.51. The number of thiazole rings is 1. The molecule has 0 saturated heterocycles. The van der Waals surface area contributed by atoms with Crippen molar-refractivity contribution < 1.29 is 13.6 Å². The summed E-state index contributed by atoms with van der Waals surface area (Å²) in [7, 11) is 0. The van der Waals surface area contributed by atoms with Crippen LogP contribution in [0.3, 0.4) is 0 Å². The van der Waals surface area contributed by atoms with E-state index in [2.05, 4.69) is 23.8 Å². The molecule has 166 valence electrons. The summed E-state index contributed by atoms with van der Waals surface area (Å²) in [5.41, 5.74) is 0.604. The number of aryl methyl sites for hydroxylation is 1. The van der Waals surface area contributed by atoms with Crippen LogP contribution in [0, 0.1) is 11.6 Å². The van der Waals surface area contributed by atoms with Gasteiger partial charge in [0.25, 0.3) is 5.91 Å². The molecular formula is C23H22F2N4OS2. The number of carbonyl (C=O) groups is 1. The quantitative estimate of drug-likeness (QED) is 0.295. The first-order valence-corrected chi connectivity index (χ1v) is 11.9. The fourth-order valence-corrected chi connectivity index (χ4v) is 5.23. The molecule has 0 atom stereocenters. The van der Waals surface area contributed by atoms with Crippen molar-refractivity contribution in [3.8, 4) is 0 Å². The van der Waals surface area contributed by atoms with Crippen LogP contribution in [0.2, 0.25) is 0 Å². The lowest BCUT2D eigenvalue weighted by molar-refractivity contribution is 0.0986. The van der Waals surface area contributed by atoms with Gasteiger partial charge in [0, 0.05) is 47.3 Å². The third-order valence-corrected chi connectivity index (χ3v) is 6.71. The molecule has 4 rings (SSSR count). The average Bonchev–Trinajstić information content (AvgIpc) is 3.40. The molecule has 1 amide bonds. The molecule has 4 aromatic rings. The second-order valence-electron chi connectivity index (χ2n) is 7.54. The van der Waals surface area contributed by atoms with Crippen LogP contribution in [0.1, 0.15) is 30.6 Å². The molecule has 0 fully saturated rings. The monoisotopic (exact) mass is 472 g/mol. The molecule has 2 heterocycles. The Kier molecular flexibility index (Phi) is 6.86. The van der Waals surface area contributed by atoms with Crippen LogP contribution in [-0.2, 0) is 6.54 Å². The van der Waals surface area contributed by atoms with Gasteiger partial charge >= 0.3 is 0 Å². The number of amides is 1. The predicted molar refractivity (Wildman–Crippen MR) is 125 cm³/mol. The van der Waals surface area contributed by atoms with E-state index in [-0.39, 0.29) is 11.4 Å². The second-order valence-corrected chi connectivity index (χ2v) is 10.2. The number of imidazole rings is 1. The first-order valence-electron chi connectivity index (χ1n) is 10.2. The lowest BCUT2D eigenvalue weighted by Crippen LogP contribution is -2.32. The summed E-state index contributed by atoms with van der Waals surface area (Å²) in [6.45, 7) is 5.23. The van der Waals surface area contributed by atoms with E-state index in [0.29, 0.717) is 40.2 Å². The molecule has 0 saturated carbocycles. The molecule has 0 N–H and O–H groups in total. The first kappa shape index (κ1) is 22.4. The number of nitrogens with zero attached hydrogens (tertiary/aromatic N) is 4. The lowest BCUT2D eigenvalue weighted by atomic mass is 10.2. The fourth-order valence-electron chi connectivity index (χ4n) is 3.31. The summed E-state index contributed by atoms with van der Waals surface area (Å²) >= 11 is 2.78. The van der Waals surface area contributed by atoms with Crippen molar-refractivity contribution in [2.45, 2.75) is 37.0 Å². The summed E-state index contributed by atoms with van der Waals surface area (Å²) in [5, 5.41) is 0.732. The largest absolute Gasteiger partial charge is 0.337 e. The minimum atomic E-state index is -0.733. The van der Waals surface area contributed by atoms with Crippen LogP contribution in [0.25, 0.3) is 10.2 Å². The number of fused-ring (bicyclic) bond motifs is 1. The van der Waals surface area contributed by atoms with E-state index < -0.39 is 11.6 Å². The van der Waals surface area contributed by atoms with Gasteiger partial charge < -0.3 is 4.57 Å². The zero-order chi connectivity index (χ0) is 22.7. The summed E-state index contributed by atoms with van der Waals surface area (Å²) in [4.78, 5) is 24.4. The third kappa shape index (κ3) is 5.16. The standard InChI is InChI=1S/C23H22F2N4OS2/c1-15(2)31-18-6-3-5-16(11-18)22(30)29(9-4-8-28-10-7-26-14-28)23-27-21-19(25)12-17(24)13-20(21)32-23/h3,5-7,10-15H,4,8-9H2,1-2H3. The van der Waals surface area contributed by atoms with Crippen molar-refractivity contribution >= 4 is 44.4 Å². The number of anilines is 1. The fraction of sp³-hybridized carbons (Fsp3) is 0.261. The number of halogens is 2. The highest BCUT2D eigenvalue weighted by molar-refractivity contribution is 7.99. The minimum Gasteiger partial charge on any atom is -0.337 e. The van der Waals surface area contributed by atoms with E-state index in [1.807, 2.05) is 29.0 Å². The van der Waals surface area contributed by atoms with Gasteiger partial charge in [-0.25, -0.2) is 18.7 Å². The summed E-state index contributed by atoms with van der Waals surface area (Å²) in [5.74, 6) is -1.62. The molecule has 0 spiro atoms. The van der Waals surface area contributed by atoms with Gasteiger partial charge in [0.2, 0.25) is 0 Å². The Hall–Kier alpha value is -2.78. The number of benzene rings is 2. The topological polar surface area (TPSA) is 51.0 Å². The molecule has 0 aliphatic rings. The number of hydrogen-bond donors (Lipinski definition) is 0. The Labute approximate surface area is 193 Å². The van der Waals surface area contributed by atoms with Crippen LogP contribution in [0.5, 0.6) is 0 Å². The Balaban J connectivity index is 1.65. The number of hydrogen-bond acceptors (Lipinski definition) is 5. The van der Waals surface area contributed by atoms with Crippen molar-refractivity contribution in [2.24, 2.45) is 0 Å². The van der Waals surface area contributed by atoms with E-state index in [4.69, 9.17) is 0 Å². The Morgan fingerprint density at radius 2 is 2.09 bits per heavy atom. The zero-order valence-corrected chi connectivity index (χ0v) is 19.3. The number of rotatable bonds is 8. The van der Waals surface area contributed by atoms with Gasteiger partial charge in [-0.15, -0.1) is 11.8 Å². The van der Waals surface area contributed by atoms with E-state index in [1.165, 1.54) is 6.07 Å². The maximum Gasteiger partial charge on any atom is 0.260 e. The molecule has 0 aliphatic carbocycles. The van der Waals surface area contributed by atoms with Crippen molar-refractivity contribution in [3.63, 3.8) is 0 Å². The SMILES string of the molecule is CC(C)Sc1cccc(C(=O)N(CCCn2ccnc2)c2nc3c(F)cc(F)cc3s2)c1. The Bertz CT molecular complexity index is 1220. The first-order chi connectivity index (χ1) is 15.4. The lowest BCUT2D eigenvalue weighted by Gasteiger charge is -2.20. The van der Waals surface area contributed by atoms with Gasteiger partial charge in [-0.3, -0.25) is 9.69 Å². The van der Waals surface area contributed by atoms with E-state index in [0.717, 1.165) is 22.3 Å². The zero-order valence-electron chi connectivity index (χ0n) is 17.7. The molecule has 2 aromatic heterocycles. The van der Waals surface area contributed by atoms with Crippen molar-refractivity contribution in [1.82, 2.24) is 14.5 Å². The molecule has 9 heteroatoms. The number of aromatic nitrogens is 3. The van der Waals surface area contributed by atoms with Gasteiger partial charge in [0.05, 0.1) is 11.0 Å². The molecule has 0 bridgehead atoms. The van der Waals surface area contributed by atoms with Crippen LogP contribution < -0.4 is 4.90 Å². The summed E-state index contributed by atoms with van der Waals surface area (Å²) < 4.78 is 30.2. The predicted octanol–water partition coefficient (Wildman–Crippen LogP) is 6.01. The third-order valence-electron chi connectivity index (χ3n) is 4.69. The highest BCUT2D eigenvalue weighted by atomic mass is 32.2. The molecule has 2 aromatic carbocycles. The maximum absolute atomic E-state index is 14.2. The van der Waals surface area contributed by atoms with Gasteiger partial charge in [-0.1, -0.05) is 31.3 Å². The average molecular weight is 473 g/mol. The van der Waals surface area contributed by atoms with Crippen molar-refractivity contribution in [2.75, 3.05) is 11.4 Å². The molecular weight excluding hydrogens is 450 g/mol. The smallest absolute Gasteiger partial charge is 0.260 e. The molecule has 5 nitrogen and oxygen atoms in total. The molecule has 0 radical (unpaired) electrons. The van der Waals surface area contributed by atoms with Gasteiger partial charge in [-0.2, -0.15) is 0 Å². The van der Waals surface area contributed by atoms with Crippen LogP contribution in [0.15, 0.2) is 60.0 Å². The van der Waals surface area contributed by atoms with Gasteiger partial charge in [0.1, 0.15) is 11.3 Å². The normalized spacial score (nSPS) is 11.4. The second kappa shape index (κ2) is 9.79. The highest BCUT2D eigenvalue weighted by Gasteiger charge is 2.23. The van der Waals surface area contributed by atoms with Gasteiger partial charge in [0.15, 0.2) is 10.9 Å². The summed E-state index contributed by atoms with van der Waals surface area (Å²) in [6.07, 6.45) is 5.92. The van der Waals surface area contributed by atoms with Crippen molar-refractivity contribution in [1.29, 1.82) is 0 Å². The Morgan fingerprint density at radius 1 is 1.25 bits per heavy atom. The number of carbonyl (C=O) groups excluding carboxylic acids is 1. The molecule has 32 heavy (non-hydrogen) atoms. The highest BCUT2D eigenvalue weighted by Crippen LogP contribution is 2.32. The van der Waals surface area contributed by atoms with E-state index >= 15 is 0 Å². The van der Waals surface area contributed by atoms with Gasteiger partial charge in [-0.05, 0) is 30.7 Å². The molecule has 0 unspecified atom stereocenters. The maximum atomic E-state index is 14.2.